The second-order valence-electron chi connectivity index (χ2n) is 9.25. The maximum Gasteiger partial charge on any atom is 0.293 e. The van der Waals surface area contributed by atoms with Gasteiger partial charge in [-0.2, -0.15) is 0 Å². The summed E-state index contributed by atoms with van der Waals surface area (Å²) in [7, 11) is 0. The zero-order chi connectivity index (χ0) is 22.2. The molecule has 2 unspecified atom stereocenters. The van der Waals surface area contributed by atoms with Crippen LogP contribution in [0.1, 0.15) is 56.4 Å². The summed E-state index contributed by atoms with van der Waals surface area (Å²) in [6.45, 7) is 2.25. The van der Waals surface area contributed by atoms with Crippen LogP contribution in [-0.2, 0) is 9.53 Å². The zero-order valence-electron chi connectivity index (χ0n) is 18.5. The maximum atomic E-state index is 11.3. The molecule has 0 radical (unpaired) electrons. The number of fused-ring (bicyclic) bond motifs is 2. The second-order valence-corrected chi connectivity index (χ2v) is 9.25. The Kier molecular flexibility index (Phi) is 5.30. The molecule has 2 fully saturated rings. The number of pyridine rings is 1. The van der Waals surface area contributed by atoms with Crippen molar-refractivity contribution in [3.63, 3.8) is 0 Å². The van der Waals surface area contributed by atoms with Crippen molar-refractivity contribution in [1.29, 1.82) is 0 Å². The lowest BCUT2D eigenvalue weighted by Gasteiger charge is -2.23. The quantitative estimate of drug-likeness (QED) is 0.430. The third-order valence-corrected chi connectivity index (χ3v) is 7.29. The van der Waals surface area contributed by atoms with Gasteiger partial charge in [0.05, 0.1) is 34.9 Å². The summed E-state index contributed by atoms with van der Waals surface area (Å²) < 4.78 is 7.88. The number of carbonyl (C=O) groups is 1. The Morgan fingerprint density at radius 1 is 1.12 bits per heavy atom. The van der Waals surface area contributed by atoms with Crippen LogP contribution in [0.15, 0.2) is 36.9 Å². The average Bonchev–Trinajstić information content (AvgIpc) is 3.63. The second kappa shape index (κ2) is 8.59. The molecule has 8 heteroatoms. The monoisotopic (exact) mass is 444 g/mol. The summed E-state index contributed by atoms with van der Waals surface area (Å²) in [5.41, 5.74) is 6.44. The molecule has 1 saturated heterocycles. The number of nitrogens with one attached hydrogen (secondary N) is 2. The van der Waals surface area contributed by atoms with Gasteiger partial charge in [-0.25, -0.2) is 15.0 Å². The lowest BCUT2D eigenvalue weighted by molar-refractivity contribution is -0.136. The zero-order valence-corrected chi connectivity index (χ0v) is 18.5. The molecule has 6 rings (SSSR count). The maximum absolute atomic E-state index is 11.3. The lowest BCUT2D eigenvalue weighted by Crippen LogP contribution is -2.20. The average molecular weight is 445 g/mol. The number of benzene rings is 1. The normalized spacial score (nSPS) is 20.4. The molecule has 0 amide bonds. The first kappa shape index (κ1) is 20.4. The first-order valence-electron chi connectivity index (χ1n) is 11.9. The molecule has 33 heavy (non-hydrogen) atoms. The fourth-order valence-electron chi connectivity index (χ4n) is 5.59. The fraction of sp³-hybridized carbons (Fsp3) is 0.440. The number of ether oxygens (including phenoxy) is 1. The Hall–Kier alpha value is -3.26. The van der Waals surface area contributed by atoms with E-state index in [1.54, 1.807) is 6.33 Å². The van der Waals surface area contributed by atoms with Crippen molar-refractivity contribution < 1.29 is 9.53 Å². The molecule has 3 aromatic heterocycles. The van der Waals surface area contributed by atoms with Gasteiger partial charge >= 0.3 is 0 Å². The Bertz CT molecular complexity index is 1280. The highest BCUT2D eigenvalue weighted by Crippen LogP contribution is 2.36. The van der Waals surface area contributed by atoms with Crippen molar-refractivity contribution in [3.8, 4) is 11.1 Å². The van der Waals surface area contributed by atoms with Crippen molar-refractivity contribution in [1.82, 2.24) is 29.8 Å². The van der Waals surface area contributed by atoms with Crippen LogP contribution in [0.3, 0.4) is 0 Å². The molecule has 1 saturated carbocycles. The number of hydrogen-bond acceptors (Lipinski definition) is 6. The summed E-state index contributed by atoms with van der Waals surface area (Å²) in [4.78, 5) is 28.4. The van der Waals surface area contributed by atoms with E-state index in [0.717, 1.165) is 47.4 Å². The van der Waals surface area contributed by atoms with Crippen LogP contribution < -0.4 is 5.32 Å². The lowest BCUT2D eigenvalue weighted by atomic mass is 9.95. The third kappa shape index (κ3) is 3.68. The van der Waals surface area contributed by atoms with Crippen LogP contribution in [0.2, 0.25) is 0 Å². The molecule has 1 aliphatic heterocycles. The molecule has 1 aromatic carbocycles. The van der Waals surface area contributed by atoms with Gasteiger partial charge < -0.3 is 19.6 Å². The van der Waals surface area contributed by atoms with E-state index < -0.39 is 6.10 Å². The van der Waals surface area contributed by atoms with Crippen LogP contribution in [0.4, 0.5) is 0 Å². The van der Waals surface area contributed by atoms with Crippen LogP contribution in [-0.4, -0.2) is 44.1 Å². The number of aromatic amines is 1. The third-order valence-electron chi connectivity index (χ3n) is 7.29. The van der Waals surface area contributed by atoms with Gasteiger partial charge in [-0.15, -0.1) is 0 Å². The Balaban J connectivity index is 1.42. The van der Waals surface area contributed by atoms with Crippen molar-refractivity contribution >= 4 is 28.7 Å². The summed E-state index contributed by atoms with van der Waals surface area (Å²) >= 11 is 0. The van der Waals surface area contributed by atoms with E-state index in [-0.39, 0.29) is 5.92 Å². The van der Waals surface area contributed by atoms with Crippen molar-refractivity contribution in [2.75, 3.05) is 13.1 Å². The van der Waals surface area contributed by atoms with Gasteiger partial charge in [0.15, 0.2) is 5.65 Å². The fourth-order valence-corrected chi connectivity index (χ4v) is 5.59. The van der Waals surface area contributed by atoms with E-state index in [9.17, 15) is 4.79 Å². The Morgan fingerprint density at radius 3 is 2.85 bits per heavy atom. The summed E-state index contributed by atoms with van der Waals surface area (Å²) in [6, 6.07) is 9.04. The number of aromatic nitrogens is 5. The van der Waals surface area contributed by atoms with E-state index >= 15 is 0 Å². The molecule has 4 heterocycles. The molecule has 1 aliphatic carbocycles. The molecule has 0 spiro atoms. The highest BCUT2D eigenvalue weighted by molar-refractivity contribution is 5.93. The molecule has 170 valence electrons. The van der Waals surface area contributed by atoms with Crippen molar-refractivity contribution in [2.45, 2.75) is 50.7 Å². The first-order chi connectivity index (χ1) is 16.3. The standard InChI is InChI=1S/C25H28N6O2/c32-15-33-24(17-8-9-26-12-17)21-11-19(23-25(30-21)28-13-27-23)16-6-7-22-20(10-16)29-14-31(22)18-4-2-1-3-5-18/h6-7,10-11,13-15,17-18,24,26H,1-5,8-9,12H2,(H,27,28,30). The predicted molar refractivity (Wildman–Crippen MR) is 126 cm³/mol. The van der Waals surface area contributed by atoms with Crippen LogP contribution >= 0.6 is 0 Å². The van der Waals surface area contributed by atoms with Gasteiger partial charge in [-0.05, 0) is 49.6 Å². The Morgan fingerprint density at radius 2 is 2.03 bits per heavy atom. The summed E-state index contributed by atoms with van der Waals surface area (Å²) in [5, 5.41) is 3.35. The smallest absolute Gasteiger partial charge is 0.293 e. The summed E-state index contributed by atoms with van der Waals surface area (Å²) in [5.74, 6) is 0.195. The highest BCUT2D eigenvalue weighted by atomic mass is 16.5. The molecule has 8 nitrogen and oxygen atoms in total. The molecule has 0 bridgehead atoms. The van der Waals surface area contributed by atoms with Gasteiger partial charge in [0, 0.05) is 24.1 Å². The molecular formula is C25H28N6O2. The minimum Gasteiger partial charge on any atom is -0.458 e. The molecule has 4 aromatic rings. The van der Waals surface area contributed by atoms with Crippen molar-refractivity contribution in [3.05, 3.63) is 42.6 Å². The Labute approximate surface area is 191 Å². The van der Waals surface area contributed by atoms with Gasteiger partial charge in [0.25, 0.3) is 6.47 Å². The topological polar surface area (TPSA) is 97.7 Å². The summed E-state index contributed by atoms with van der Waals surface area (Å²) in [6.07, 6.45) is 10.6. The number of imidazole rings is 2. The van der Waals surface area contributed by atoms with Crippen LogP contribution in [0, 0.1) is 5.92 Å². The van der Waals surface area contributed by atoms with E-state index in [1.165, 1.54) is 37.6 Å². The predicted octanol–water partition coefficient (Wildman–Crippen LogP) is 4.30. The molecular weight excluding hydrogens is 416 g/mol. The van der Waals surface area contributed by atoms with Crippen molar-refractivity contribution in [2.24, 2.45) is 5.92 Å². The number of nitrogens with zero attached hydrogens (tertiary/aromatic N) is 4. The van der Waals surface area contributed by atoms with Gasteiger partial charge in [0.2, 0.25) is 0 Å². The van der Waals surface area contributed by atoms with E-state index in [0.29, 0.717) is 18.2 Å². The number of rotatable bonds is 6. The van der Waals surface area contributed by atoms with Crippen LogP contribution in [0.25, 0.3) is 33.3 Å². The van der Waals surface area contributed by atoms with E-state index in [1.807, 2.05) is 12.4 Å². The largest absolute Gasteiger partial charge is 0.458 e. The van der Waals surface area contributed by atoms with E-state index in [2.05, 4.69) is 38.1 Å². The van der Waals surface area contributed by atoms with Gasteiger partial charge in [-0.1, -0.05) is 25.3 Å². The van der Waals surface area contributed by atoms with Gasteiger partial charge in [-0.3, -0.25) is 4.79 Å². The highest BCUT2D eigenvalue weighted by Gasteiger charge is 2.30. The number of hydrogen-bond donors (Lipinski definition) is 2. The minimum absolute atomic E-state index is 0.195. The van der Waals surface area contributed by atoms with Crippen LogP contribution in [0.5, 0.6) is 0 Å². The van der Waals surface area contributed by atoms with Gasteiger partial charge in [0.1, 0.15) is 6.10 Å². The molecule has 2 aliphatic rings. The minimum atomic E-state index is -0.397. The first-order valence-corrected chi connectivity index (χ1v) is 11.9. The number of carbonyl (C=O) groups excluding carboxylic acids is 1. The van der Waals surface area contributed by atoms with E-state index in [4.69, 9.17) is 14.7 Å². The number of H-pyrrole nitrogens is 1. The SMILES string of the molecule is O=COC(c1cc(-c2ccc3c(c2)ncn3C2CCCCC2)c2[nH]cnc2n1)C1CCNC1. The molecule has 2 atom stereocenters. The molecule has 2 N–H and O–H groups in total.